The maximum absolute atomic E-state index is 13.5. The van der Waals surface area contributed by atoms with Crippen LogP contribution in [0.5, 0.6) is 5.75 Å². The highest BCUT2D eigenvalue weighted by molar-refractivity contribution is 5.94. The highest BCUT2D eigenvalue weighted by atomic mass is 16.6. The Kier molecular flexibility index (Phi) is 11.6. The van der Waals surface area contributed by atoms with Crippen molar-refractivity contribution in [2.24, 2.45) is 5.92 Å². The fraction of sp³-hybridized carbons (Fsp3) is 0.583. The molecule has 1 saturated heterocycles. The summed E-state index contributed by atoms with van der Waals surface area (Å²) in [5, 5.41) is 2.88. The molecule has 4 rings (SSSR count). The molecule has 252 valence electrons. The van der Waals surface area contributed by atoms with Crippen LogP contribution in [0.3, 0.4) is 0 Å². The number of carbonyl (C=O) groups is 3. The zero-order chi connectivity index (χ0) is 33.6. The van der Waals surface area contributed by atoms with Gasteiger partial charge in [0, 0.05) is 71.5 Å². The number of benzene rings is 2. The van der Waals surface area contributed by atoms with Crippen LogP contribution in [0.2, 0.25) is 0 Å². The second-order valence-electron chi connectivity index (χ2n) is 14.1. The van der Waals surface area contributed by atoms with Gasteiger partial charge in [-0.3, -0.25) is 9.69 Å². The van der Waals surface area contributed by atoms with Crippen molar-refractivity contribution in [2.45, 2.75) is 91.1 Å². The molecular weight excluding hydrogens is 582 g/mol. The van der Waals surface area contributed by atoms with Crippen molar-refractivity contribution in [3.8, 4) is 5.75 Å². The standard InChI is InChI=1S/C36H53N5O5/c1-25-20-30(15-12-29(25)24-40-18-19-41(26(2)23-40)35(44)46-36(3,4)5)39(8)33(42)28-13-16-31(17-14-28)45-32-11-9-10-27(21-32)22-37-34(43)38(6)7/h9-12,15,20-21,26,28,31H,13-14,16-19,22-24H2,1-8H3,(H,37,43)/t26-,28?,31?/m0/s1. The second kappa shape index (κ2) is 15.2. The summed E-state index contributed by atoms with van der Waals surface area (Å²) in [6, 6.07) is 14.0. The Morgan fingerprint density at radius 3 is 2.33 bits per heavy atom. The Hall–Kier alpha value is -3.79. The second-order valence-corrected chi connectivity index (χ2v) is 14.1. The molecule has 2 aromatic rings. The van der Waals surface area contributed by atoms with E-state index in [1.807, 2.05) is 63.1 Å². The van der Waals surface area contributed by atoms with Crippen LogP contribution in [-0.2, 0) is 22.6 Å². The number of rotatable bonds is 8. The SMILES string of the molecule is Cc1cc(N(C)C(=O)C2CCC(Oc3cccc(CNC(=O)N(C)C)c3)CC2)ccc1CN1CCN(C(=O)OC(C)(C)C)[C@@H](C)C1. The van der Waals surface area contributed by atoms with Gasteiger partial charge in [-0.05, 0) is 101 Å². The number of ether oxygens (including phenoxy) is 2. The molecule has 1 aliphatic carbocycles. The third-order valence-electron chi connectivity index (χ3n) is 8.85. The third kappa shape index (κ3) is 9.61. The number of urea groups is 1. The van der Waals surface area contributed by atoms with Gasteiger partial charge in [0.05, 0.1) is 6.10 Å². The van der Waals surface area contributed by atoms with Crippen molar-refractivity contribution in [2.75, 3.05) is 45.7 Å². The molecule has 4 amide bonds. The van der Waals surface area contributed by atoms with Gasteiger partial charge >= 0.3 is 12.1 Å². The normalized spacial score (nSPS) is 20.5. The predicted molar refractivity (Wildman–Crippen MR) is 181 cm³/mol. The molecule has 2 fully saturated rings. The zero-order valence-corrected chi connectivity index (χ0v) is 29.0. The van der Waals surface area contributed by atoms with Crippen molar-refractivity contribution in [1.29, 1.82) is 0 Å². The van der Waals surface area contributed by atoms with E-state index >= 15 is 0 Å². The number of nitrogens with zero attached hydrogens (tertiary/aromatic N) is 4. The first-order chi connectivity index (χ1) is 21.7. The van der Waals surface area contributed by atoms with Crippen molar-refractivity contribution >= 4 is 23.7 Å². The van der Waals surface area contributed by atoms with E-state index in [-0.39, 0.29) is 36.1 Å². The van der Waals surface area contributed by atoms with Crippen LogP contribution in [0.1, 0.15) is 70.1 Å². The fourth-order valence-electron chi connectivity index (χ4n) is 6.16. The molecule has 10 nitrogen and oxygen atoms in total. The smallest absolute Gasteiger partial charge is 0.410 e. The summed E-state index contributed by atoms with van der Waals surface area (Å²) < 4.78 is 11.9. The van der Waals surface area contributed by atoms with Gasteiger partial charge < -0.3 is 29.5 Å². The van der Waals surface area contributed by atoms with E-state index < -0.39 is 5.60 Å². The van der Waals surface area contributed by atoms with Crippen molar-refractivity contribution in [1.82, 2.24) is 20.0 Å². The Labute approximate surface area is 275 Å². The molecule has 2 aliphatic rings. The lowest BCUT2D eigenvalue weighted by molar-refractivity contribution is -0.123. The average Bonchev–Trinajstić information content (AvgIpc) is 2.99. The number of anilines is 1. The Morgan fingerprint density at radius 1 is 0.978 bits per heavy atom. The van der Waals surface area contributed by atoms with Crippen molar-refractivity contribution < 1.29 is 23.9 Å². The molecule has 1 N–H and O–H groups in total. The van der Waals surface area contributed by atoms with Crippen LogP contribution in [-0.4, -0.2) is 91.3 Å². The minimum absolute atomic E-state index is 0.0276. The minimum Gasteiger partial charge on any atom is -0.490 e. The first kappa shape index (κ1) is 35.1. The predicted octanol–water partition coefficient (Wildman–Crippen LogP) is 5.81. The topological polar surface area (TPSA) is 94.7 Å². The van der Waals surface area contributed by atoms with E-state index in [0.717, 1.165) is 67.9 Å². The van der Waals surface area contributed by atoms with Crippen molar-refractivity contribution in [3.63, 3.8) is 0 Å². The summed E-state index contributed by atoms with van der Waals surface area (Å²) in [5.74, 6) is 0.912. The Balaban J connectivity index is 1.25. The lowest BCUT2D eigenvalue weighted by Crippen LogP contribution is -2.54. The van der Waals surface area contributed by atoms with Gasteiger partial charge in [-0.1, -0.05) is 18.2 Å². The molecule has 10 heteroatoms. The highest BCUT2D eigenvalue weighted by Gasteiger charge is 2.32. The number of aryl methyl sites for hydroxylation is 1. The number of piperazine rings is 1. The van der Waals surface area contributed by atoms with Crippen LogP contribution in [0, 0.1) is 12.8 Å². The summed E-state index contributed by atoms with van der Waals surface area (Å²) in [6.45, 7) is 13.3. The minimum atomic E-state index is -0.503. The molecule has 1 saturated carbocycles. The average molecular weight is 636 g/mol. The van der Waals surface area contributed by atoms with Gasteiger partial charge in [0.15, 0.2) is 0 Å². The first-order valence-electron chi connectivity index (χ1n) is 16.5. The number of nitrogens with one attached hydrogen (secondary N) is 1. The highest BCUT2D eigenvalue weighted by Crippen LogP contribution is 2.31. The maximum atomic E-state index is 13.5. The quantitative estimate of drug-likeness (QED) is 0.394. The zero-order valence-electron chi connectivity index (χ0n) is 29.0. The molecule has 2 aromatic carbocycles. The summed E-state index contributed by atoms with van der Waals surface area (Å²) in [7, 11) is 5.30. The lowest BCUT2D eigenvalue weighted by atomic mass is 9.86. The Morgan fingerprint density at radius 2 is 1.70 bits per heavy atom. The van der Waals surface area contributed by atoms with Crippen LogP contribution >= 0.6 is 0 Å². The molecule has 0 bridgehead atoms. The van der Waals surface area contributed by atoms with E-state index in [0.29, 0.717) is 13.1 Å². The molecule has 0 aromatic heterocycles. The van der Waals surface area contributed by atoms with E-state index in [4.69, 9.17) is 9.47 Å². The fourth-order valence-corrected chi connectivity index (χ4v) is 6.16. The third-order valence-corrected chi connectivity index (χ3v) is 8.85. The molecular formula is C36H53N5O5. The van der Waals surface area contributed by atoms with E-state index in [1.54, 1.807) is 19.0 Å². The monoisotopic (exact) mass is 635 g/mol. The van der Waals surface area contributed by atoms with Gasteiger partial charge in [0.1, 0.15) is 11.4 Å². The van der Waals surface area contributed by atoms with Crippen LogP contribution in [0.15, 0.2) is 42.5 Å². The van der Waals surface area contributed by atoms with Gasteiger partial charge in [0.25, 0.3) is 0 Å². The molecule has 0 spiro atoms. The van der Waals surface area contributed by atoms with Crippen LogP contribution in [0.4, 0.5) is 15.3 Å². The summed E-state index contributed by atoms with van der Waals surface area (Å²) in [4.78, 5) is 45.5. The Bertz CT molecular complexity index is 1360. The molecule has 1 heterocycles. The van der Waals surface area contributed by atoms with E-state index in [2.05, 4.69) is 36.2 Å². The number of carbonyl (C=O) groups excluding carboxylic acids is 3. The van der Waals surface area contributed by atoms with E-state index in [1.165, 1.54) is 10.5 Å². The van der Waals surface area contributed by atoms with Crippen molar-refractivity contribution in [3.05, 3.63) is 59.2 Å². The van der Waals surface area contributed by atoms with Gasteiger partial charge in [0.2, 0.25) is 5.91 Å². The largest absolute Gasteiger partial charge is 0.490 e. The molecule has 46 heavy (non-hydrogen) atoms. The number of amides is 4. The maximum Gasteiger partial charge on any atom is 0.410 e. The first-order valence-corrected chi connectivity index (χ1v) is 16.5. The molecule has 0 radical (unpaired) electrons. The van der Waals surface area contributed by atoms with Crippen LogP contribution < -0.4 is 15.0 Å². The summed E-state index contributed by atoms with van der Waals surface area (Å²) in [6.07, 6.45) is 3.04. The van der Waals surface area contributed by atoms with Crippen LogP contribution in [0.25, 0.3) is 0 Å². The van der Waals surface area contributed by atoms with Gasteiger partial charge in [-0.25, -0.2) is 9.59 Å². The van der Waals surface area contributed by atoms with Gasteiger partial charge in [-0.2, -0.15) is 0 Å². The summed E-state index contributed by atoms with van der Waals surface area (Å²) in [5.41, 5.74) is 3.77. The van der Waals surface area contributed by atoms with Gasteiger partial charge in [-0.15, -0.1) is 0 Å². The van der Waals surface area contributed by atoms with E-state index in [9.17, 15) is 14.4 Å². The lowest BCUT2D eigenvalue weighted by Gasteiger charge is -2.40. The molecule has 0 unspecified atom stereocenters. The number of hydrogen-bond acceptors (Lipinski definition) is 6. The molecule has 1 atom stereocenters. The summed E-state index contributed by atoms with van der Waals surface area (Å²) >= 11 is 0. The number of hydrogen-bond donors (Lipinski definition) is 1. The molecule has 1 aliphatic heterocycles.